The molecule has 5 heteroatoms. The lowest BCUT2D eigenvalue weighted by Gasteiger charge is -2.38. The number of aldehydes is 1. The van der Waals surface area contributed by atoms with Gasteiger partial charge in [0.1, 0.15) is 17.4 Å². The van der Waals surface area contributed by atoms with Gasteiger partial charge in [-0.25, -0.2) is 4.79 Å². The largest absolute Gasteiger partial charge is 0.444 e. The highest BCUT2D eigenvalue weighted by molar-refractivity contribution is 5.77. The van der Waals surface area contributed by atoms with Gasteiger partial charge in [0.25, 0.3) is 0 Å². The highest BCUT2D eigenvalue weighted by atomic mass is 16.6. The minimum Gasteiger partial charge on any atom is -0.444 e. The van der Waals surface area contributed by atoms with Gasteiger partial charge in [-0.2, -0.15) is 0 Å². The molecule has 2 unspecified atom stereocenters. The molecule has 18 heavy (non-hydrogen) atoms. The first-order valence-corrected chi connectivity index (χ1v) is 6.25. The number of carbonyl (C=O) groups is 2. The third kappa shape index (κ3) is 3.22. The van der Waals surface area contributed by atoms with Crippen molar-refractivity contribution in [2.75, 3.05) is 13.7 Å². The van der Waals surface area contributed by atoms with Crippen molar-refractivity contribution in [3.63, 3.8) is 0 Å². The van der Waals surface area contributed by atoms with Crippen LogP contribution in [-0.4, -0.2) is 48.2 Å². The van der Waals surface area contributed by atoms with Crippen LogP contribution in [-0.2, 0) is 14.3 Å². The van der Waals surface area contributed by atoms with E-state index in [9.17, 15) is 9.59 Å². The summed E-state index contributed by atoms with van der Waals surface area (Å²) in [4.78, 5) is 24.7. The normalized spacial score (nSPS) is 23.3. The molecule has 1 rings (SSSR count). The molecule has 1 heterocycles. The summed E-state index contributed by atoms with van der Waals surface area (Å²) >= 11 is 0. The Morgan fingerprint density at radius 2 is 2.00 bits per heavy atom. The molecule has 0 aromatic carbocycles. The topological polar surface area (TPSA) is 55.8 Å². The summed E-state index contributed by atoms with van der Waals surface area (Å²) in [5, 5.41) is 0. The number of amides is 1. The third-order valence-electron chi connectivity index (χ3n) is 3.21. The van der Waals surface area contributed by atoms with Gasteiger partial charge in [0.05, 0.1) is 6.10 Å². The van der Waals surface area contributed by atoms with Crippen LogP contribution < -0.4 is 0 Å². The fraction of sp³-hybridized carbons (Fsp3) is 0.846. The van der Waals surface area contributed by atoms with Gasteiger partial charge in [0.2, 0.25) is 0 Å². The van der Waals surface area contributed by atoms with Crippen LogP contribution in [0.25, 0.3) is 0 Å². The van der Waals surface area contributed by atoms with E-state index in [0.29, 0.717) is 6.61 Å². The Balaban J connectivity index is 2.80. The van der Waals surface area contributed by atoms with Crippen LogP contribution in [0.2, 0.25) is 0 Å². The van der Waals surface area contributed by atoms with Gasteiger partial charge in [-0.1, -0.05) is 0 Å². The first-order valence-electron chi connectivity index (χ1n) is 6.25. The minimum atomic E-state index is -0.973. The molecule has 0 aromatic rings. The Hall–Kier alpha value is -1.10. The lowest BCUT2D eigenvalue weighted by molar-refractivity contribution is -0.124. The third-order valence-corrected chi connectivity index (χ3v) is 3.21. The van der Waals surface area contributed by atoms with Crippen LogP contribution >= 0.6 is 0 Å². The van der Waals surface area contributed by atoms with Gasteiger partial charge in [-0.15, -0.1) is 0 Å². The van der Waals surface area contributed by atoms with Crippen molar-refractivity contribution in [2.24, 2.45) is 0 Å². The number of hydrogen-bond donors (Lipinski definition) is 0. The lowest BCUT2D eigenvalue weighted by atomic mass is 9.93. The zero-order valence-electron chi connectivity index (χ0n) is 11.9. The molecule has 104 valence electrons. The fourth-order valence-corrected chi connectivity index (χ4v) is 1.94. The number of ether oxygens (including phenoxy) is 2. The van der Waals surface area contributed by atoms with Crippen molar-refractivity contribution >= 4 is 12.4 Å². The molecule has 1 saturated heterocycles. The Morgan fingerprint density at radius 3 is 2.39 bits per heavy atom. The molecule has 1 amide bonds. The summed E-state index contributed by atoms with van der Waals surface area (Å²) in [6.45, 7) is 7.73. The number of hydrogen-bond acceptors (Lipinski definition) is 4. The molecular weight excluding hydrogens is 234 g/mol. The average molecular weight is 257 g/mol. The van der Waals surface area contributed by atoms with Crippen LogP contribution in [0, 0.1) is 0 Å². The molecule has 0 N–H and O–H groups in total. The van der Waals surface area contributed by atoms with Crippen molar-refractivity contribution in [1.82, 2.24) is 4.90 Å². The van der Waals surface area contributed by atoms with Crippen molar-refractivity contribution in [1.29, 1.82) is 0 Å². The Labute approximate surface area is 108 Å². The zero-order chi connectivity index (χ0) is 14.0. The molecule has 0 radical (unpaired) electrons. The predicted octanol–water partition coefficient (Wildman–Crippen LogP) is 1.99. The second kappa shape index (κ2) is 5.26. The van der Waals surface area contributed by atoms with E-state index in [1.54, 1.807) is 34.7 Å². The molecule has 1 aliphatic heterocycles. The molecule has 0 spiro atoms. The molecule has 0 aromatic heterocycles. The van der Waals surface area contributed by atoms with Gasteiger partial charge >= 0.3 is 6.09 Å². The number of carbonyl (C=O) groups excluding carboxylic acids is 2. The predicted molar refractivity (Wildman–Crippen MR) is 67.4 cm³/mol. The van der Waals surface area contributed by atoms with Crippen molar-refractivity contribution in [2.45, 2.75) is 57.8 Å². The van der Waals surface area contributed by atoms with Crippen LogP contribution in [0.4, 0.5) is 4.79 Å². The standard InChI is InChI=1S/C13H23NO4/c1-12(2,3)18-11(16)14(5)13(4,9-15)10-7-6-8-17-10/h9-10H,6-8H2,1-5H3. The molecule has 1 fully saturated rings. The van der Waals surface area contributed by atoms with Gasteiger partial charge in [0.15, 0.2) is 0 Å². The number of nitrogens with zero attached hydrogens (tertiary/aromatic N) is 1. The Bertz CT molecular complexity index is 317. The maximum Gasteiger partial charge on any atom is 0.410 e. The quantitative estimate of drug-likeness (QED) is 0.725. The molecular formula is C13H23NO4. The minimum absolute atomic E-state index is 0.257. The van der Waals surface area contributed by atoms with Gasteiger partial charge in [0, 0.05) is 13.7 Å². The van der Waals surface area contributed by atoms with E-state index >= 15 is 0 Å². The molecule has 0 bridgehead atoms. The second-order valence-corrected chi connectivity index (χ2v) is 5.88. The second-order valence-electron chi connectivity index (χ2n) is 5.88. The van der Waals surface area contributed by atoms with E-state index in [-0.39, 0.29) is 6.10 Å². The monoisotopic (exact) mass is 257 g/mol. The smallest absolute Gasteiger partial charge is 0.410 e. The first-order chi connectivity index (χ1) is 8.20. The summed E-state index contributed by atoms with van der Waals surface area (Å²) in [7, 11) is 1.57. The van der Waals surface area contributed by atoms with Crippen LogP contribution in [0.1, 0.15) is 40.5 Å². The maximum atomic E-state index is 12.0. The SMILES string of the molecule is CN(C(=O)OC(C)(C)C)C(C)(C=O)C1CCCO1. The summed E-state index contributed by atoms with van der Waals surface area (Å²) < 4.78 is 10.8. The molecule has 0 aliphatic carbocycles. The summed E-state index contributed by atoms with van der Waals surface area (Å²) in [6.07, 6.45) is 1.70. The van der Waals surface area contributed by atoms with Crippen molar-refractivity contribution in [3.05, 3.63) is 0 Å². The maximum absolute atomic E-state index is 12.0. The Morgan fingerprint density at radius 1 is 1.39 bits per heavy atom. The number of likely N-dealkylation sites (N-methyl/N-ethyl adjacent to an activating group) is 1. The van der Waals surface area contributed by atoms with Crippen molar-refractivity contribution in [3.8, 4) is 0 Å². The molecule has 2 atom stereocenters. The van der Waals surface area contributed by atoms with Gasteiger partial charge in [-0.05, 0) is 40.5 Å². The van der Waals surface area contributed by atoms with E-state index in [0.717, 1.165) is 19.1 Å². The van der Waals surface area contributed by atoms with E-state index in [1.807, 2.05) is 0 Å². The average Bonchev–Trinajstić information content (AvgIpc) is 2.78. The fourth-order valence-electron chi connectivity index (χ4n) is 1.94. The zero-order valence-corrected chi connectivity index (χ0v) is 11.9. The first kappa shape index (κ1) is 15.0. The highest BCUT2D eigenvalue weighted by Gasteiger charge is 2.44. The molecule has 0 saturated carbocycles. The highest BCUT2D eigenvalue weighted by Crippen LogP contribution is 2.28. The van der Waals surface area contributed by atoms with Crippen LogP contribution in [0.3, 0.4) is 0 Å². The van der Waals surface area contributed by atoms with Gasteiger partial charge in [-0.3, -0.25) is 4.90 Å². The van der Waals surface area contributed by atoms with Crippen LogP contribution in [0.5, 0.6) is 0 Å². The summed E-state index contributed by atoms with van der Waals surface area (Å²) in [5.41, 5.74) is -1.55. The van der Waals surface area contributed by atoms with E-state index in [1.165, 1.54) is 4.90 Å². The van der Waals surface area contributed by atoms with Gasteiger partial charge < -0.3 is 14.3 Å². The lowest BCUT2D eigenvalue weighted by Crippen LogP contribution is -2.57. The molecule has 1 aliphatic rings. The van der Waals surface area contributed by atoms with Crippen LogP contribution in [0.15, 0.2) is 0 Å². The van der Waals surface area contributed by atoms with E-state index in [2.05, 4.69) is 0 Å². The van der Waals surface area contributed by atoms with Crippen molar-refractivity contribution < 1.29 is 19.1 Å². The summed E-state index contributed by atoms with van der Waals surface area (Å²) in [6, 6.07) is 0. The summed E-state index contributed by atoms with van der Waals surface area (Å²) in [5.74, 6) is 0. The van der Waals surface area contributed by atoms with E-state index < -0.39 is 17.2 Å². The Kier molecular flexibility index (Phi) is 4.37. The number of rotatable bonds is 3. The molecule has 5 nitrogen and oxygen atoms in total. The van der Waals surface area contributed by atoms with E-state index in [4.69, 9.17) is 9.47 Å².